The Morgan fingerprint density at radius 2 is 0.773 bits per heavy atom. The monoisotopic (exact) mass is 379 g/mol. The van der Waals surface area contributed by atoms with E-state index in [1.54, 1.807) is 0 Å². The van der Waals surface area contributed by atoms with Gasteiger partial charge in [-0.15, -0.1) is 0 Å². The van der Waals surface area contributed by atoms with E-state index in [-0.39, 0.29) is 62.1 Å². The van der Waals surface area contributed by atoms with E-state index in [9.17, 15) is 19.2 Å². The van der Waals surface area contributed by atoms with Crippen molar-refractivity contribution < 1.29 is 59.1 Å². The summed E-state index contributed by atoms with van der Waals surface area (Å²) in [6.07, 6.45) is 0. The summed E-state index contributed by atoms with van der Waals surface area (Å²) in [4.78, 5) is 44.4. The average molecular weight is 381 g/mol. The predicted molar refractivity (Wildman–Crippen MR) is 69.2 cm³/mol. The quantitative estimate of drug-likeness (QED) is 0.284. The average Bonchev–Trinajstić information content (AvgIpc) is 2.22. The van der Waals surface area contributed by atoms with Gasteiger partial charge >= 0.3 is 23.9 Å². The molecule has 117 valence electrons. The first-order valence-electron chi connectivity index (χ1n) is 5.52. The predicted octanol–water partition coefficient (Wildman–Crippen LogP) is -2.45. The molecule has 0 aliphatic rings. The third-order valence-corrected chi connectivity index (χ3v) is 2.17. The van der Waals surface area contributed by atoms with Gasteiger partial charge in [-0.2, -0.15) is 0 Å². The standard InChI is InChI=1S/C10H16N2O8.Na.Zn/c13-7(14)3-11(4-8(15)16)1-2-12(5-9(17)18)6-10(19)20;;/h1-6H2,(H,13,14)(H,15,16)(H,17,18)(H,19,20);;. The van der Waals surface area contributed by atoms with Crippen molar-refractivity contribution in [2.24, 2.45) is 0 Å². The van der Waals surface area contributed by atoms with Crippen molar-refractivity contribution in [3.63, 3.8) is 0 Å². The van der Waals surface area contributed by atoms with Crippen LogP contribution in [0.5, 0.6) is 0 Å². The molecule has 0 fully saturated rings. The Morgan fingerprint density at radius 3 is 0.909 bits per heavy atom. The van der Waals surface area contributed by atoms with Gasteiger partial charge in [0.2, 0.25) is 0 Å². The zero-order chi connectivity index (χ0) is 15.7. The zero-order valence-corrected chi connectivity index (χ0v) is 17.2. The van der Waals surface area contributed by atoms with Crippen molar-refractivity contribution >= 4 is 53.4 Å². The van der Waals surface area contributed by atoms with Gasteiger partial charge in [-0.25, -0.2) is 0 Å². The number of carboxylic acid groups (broad SMARTS) is 4. The Morgan fingerprint density at radius 1 is 0.591 bits per heavy atom. The summed E-state index contributed by atoms with van der Waals surface area (Å²) in [6.45, 7) is -2.25. The topological polar surface area (TPSA) is 156 Å². The fourth-order valence-electron chi connectivity index (χ4n) is 1.48. The van der Waals surface area contributed by atoms with Crippen LogP contribution < -0.4 is 0 Å². The minimum atomic E-state index is -1.23. The van der Waals surface area contributed by atoms with E-state index in [1.807, 2.05) is 0 Å². The number of rotatable bonds is 11. The summed E-state index contributed by atoms with van der Waals surface area (Å²) in [5.41, 5.74) is 0. The van der Waals surface area contributed by atoms with Gasteiger partial charge in [-0.1, -0.05) is 0 Å². The summed E-state index contributed by atoms with van der Waals surface area (Å²) in [5, 5.41) is 34.5. The zero-order valence-electron chi connectivity index (χ0n) is 12.3. The molecule has 0 atom stereocenters. The first-order chi connectivity index (χ1) is 9.20. The van der Waals surface area contributed by atoms with Crippen molar-refractivity contribution in [3.8, 4) is 0 Å². The fraction of sp³-hybridized carbons (Fsp3) is 0.600. The molecule has 0 spiro atoms. The molecule has 0 aromatic heterocycles. The number of hydrogen-bond acceptors (Lipinski definition) is 6. The Hall–Kier alpha value is -0.577. The Bertz CT molecular complexity index is 327. The SMILES string of the molecule is O=C(O)CN(CCN(CC(=O)O)CC(=O)O)CC(=O)O.[Na].[Zn]. The molecular formula is C10H16N2NaO8Zn. The van der Waals surface area contributed by atoms with Crippen LogP contribution in [-0.2, 0) is 38.7 Å². The van der Waals surface area contributed by atoms with E-state index in [0.29, 0.717) is 0 Å². The molecule has 12 heteroatoms. The molecule has 0 aromatic carbocycles. The van der Waals surface area contributed by atoms with Crippen LogP contribution in [0.1, 0.15) is 0 Å². The minimum absolute atomic E-state index is 0. The molecule has 0 aliphatic heterocycles. The van der Waals surface area contributed by atoms with Crippen LogP contribution in [0.15, 0.2) is 0 Å². The molecule has 0 unspecified atom stereocenters. The van der Waals surface area contributed by atoms with Crippen molar-refractivity contribution in [2.75, 3.05) is 39.3 Å². The molecule has 0 heterocycles. The Balaban J connectivity index is -0.00000180. The van der Waals surface area contributed by atoms with Gasteiger partial charge in [-0.05, 0) is 0 Å². The van der Waals surface area contributed by atoms with Gasteiger partial charge in [-0.3, -0.25) is 29.0 Å². The van der Waals surface area contributed by atoms with E-state index < -0.39 is 50.1 Å². The minimum Gasteiger partial charge on any atom is -0.480 e. The second-order valence-electron chi connectivity index (χ2n) is 4.00. The van der Waals surface area contributed by atoms with Crippen LogP contribution in [0.3, 0.4) is 0 Å². The molecular weight excluding hydrogens is 364 g/mol. The Kier molecular flexibility index (Phi) is 16.8. The van der Waals surface area contributed by atoms with Gasteiger partial charge in [0.05, 0.1) is 26.2 Å². The molecule has 0 saturated heterocycles. The summed E-state index contributed by atoms with van der Waals surface area (Å²) in [5.74, 6) is -4.91. The third kappa shape index (κ3) is 15.8. The van der Waals surface area contributed by atoms with E-state index >= 15 is 0 Å². The van der Waals surface area contributed by atoms with E-state index in [1.165, 1.54) is 0 Å². The maximum atomic E-state index is 10.6. The molecule has 10 nitrogen and oxygen atoms in total. The summed E-state index contributed by atoms with van der Waals surface area (Å²) >= 11 is 0. The molecule has 0 aromatic rings. The van der Waals surface area contributed by atoms with Crippen LogP contribution in [0.4, 0.5) is 0 Å². The molecule has 0 bridgehead atoms. The van der Waals surface area contributed by atoms with Gasteiger partial charge in [0.1, 0.15) is 0 Å². The second kappa shape index (κ2) is 14.0. The van der Waals surface area contributed by atoms with E-state index in [0.717, 1.165) is 9.80 Å². The summed E-state index contributed by atoms with van der Waals surface area (Å²) < 4.78 is 0. The number of aliphatic carboxylic acids is 4. The number of hydrogen-bond donors (Lipinski definition) is 4. The molecule has 0 rings (SSSR count). The van der Waals surface area contributed by atoms with Crippen molar-refractivity contribution in [3.05, 3.63) is 0 Å². The first-order valence-corrected chi connectivity index (χ1v) is 5.52. The largest absolute Gasteiger partial charge is 0.480 e. The van der Waals surface area contributed by atoms with Crippen LogP contribution >= 0.6 is 0 Å². The summed E-state index contributed by atoms with van der Waals surface area (Å²) in [6, 6.07) is 0. The van der Waals surface area contributed by atoms with Gasteiger partial charge in [0, 0.05) is 62.1 Å². The molecule has 1 radical (unpaired) electrons. The number of carbonyl (C=O) groups is 4. The number of carboxylic acids is 4. The Labute approximate surface area is 161 Å². The van der Waals surface area contributed by atoms with Gasteiger partial charge in [0.15, 0.2) is 0 Å². The fourth-order valence-corrected chi connectivity index (χ4v) is 1.48. The van der Waals surface area contributed by atoms with Crippen molar-refractivity contribution in [2.45, 2.75) is 0 Å². The smallest absolute Gasteiger partial charge is 0.317 e. The molecule has 0 aliphatic carbocycles. The molecule has 4 N–H and O–H groups in total. The normalized spacial score (nSPS) is 9.73. The maximum absolute atomic E-state index is 10.6. The number of nitrogens with zero attached hydrogens (tertiary/aromatic N) is 2. The molecule has 22 heavy (non-hydrogen) atoms. The van der Waals surface area contributed by atoms with Crippen LogP contribution in [-0.4, -0.2) is 123 Å². The summed E-state index contributed by atoms with van der Waals surface area (Å²) in [7, 11) is 0. The van der Waals surface area contributed by atoms with E-state index in [2.05, 4.69) is 0 Å². The maximum Gasteiger partial charge on any atom is 0.317 e. The molecule has 0 saturated carbocycles. The third-order valence-electron chi connectivity index (χ3n) is 2.17. The van der Waals surface area contributed by atoms with Crippen LogP contribution in [0, 0.1) is 0 Å². The first kappa shape index (κ1) is 26.3. The van der Waals surface area contributed by atoms with Crippen molar-refractivity contribution in [1.29, 1.82) is 0 Å². The van der Waals surface area contributed by atoms with Crippen LogP contribution in [0.25, 0.3) is 0 Å². The van der Waals surface area contributed by atoms with E-state index in [4.69, 9.17) is 20.4 Å². The van der Waals surface area contributed by atoms with Crippen molar-refractivity contribution in [1.82, 2.24) is 9.80 Å². The van der Waals surface area contributed by atoms with Gasteiger partial charge in [0.25, 0.3) is 0 Å². The van der Waals surface area contributed by atoms with Gasteiger partial charge < -0.3 is 20.4 Å². The molecule has 0 amide bonds. The van der Waals surface area contributed by atoms with Crippen LogP contribution in [0.2, 0.25) is 0 Å². The second-order valence-corrected chi connectivity index (χ2v) is 4.00.